The molecule has 0 heterocycles. The Balaban J connectivity index is 4.23. The first-order chi connectivity index (χ1) is 31.4. The van der Waals surface area contributed by atoms with Gasteiger partial charge in [-0.2, -0.15) is 0 Å². The van der Waals surface area contributed by atoms with Gasteiger partial charge in [0.15, 0.2) is 6.10 Å². The molecule has 380 valence electrons. The first-order valence-corrected chi connectivity index (χ1v) is 28.9. The SMILES string of the molecule is CCCCCCCCCCCCCCCCCCCCCC(=O)OC[C@@H](COC(=O)CCCCCCCCCC(C)C)OC(=O)CCCCCCCCCCCCCCCCCCC. The van der Waals surface area contributed by atoms with Crippen LogP contribution in [0, 0.1) is 5.92 Å². The molecule has 0 aliphatic rings. The molecule has 6 nitrogen and oxygen atoms in total. The van der Waals surface area contributed by atoms with Crippen LogP contribution in [0.15, 0.2) is 0 Å². The molecule has 0 radical (unpaired) electrons. The summed E-state index contributed by atoms with van der Waals surface area (Å²) in [7, 11) is 0. The molecular formula is C58H112O6. The van der Waals surface area contributed by atoms with Crippen molar-refractivity contribution in [2.75, 3.05) is 13.2 Å². The Hall–Kier alpha value is -1.59. The first kappa shape index (κ1) is 62.4. The molecule has 0 N–H and O–H groups in total. The second kappa shape index (κ2) is 52.4. The van der Waals surface area contributed by atoms with Crippen molar-refractivity contribution in [1.29, 1.82) is 0 Å². The van der Waals surface area contributed by atoms with Crippen molar-refractivity contribution >= 4 is 17.9 Å². The Morgan fingerprint density at radius 2 is 0.516 bits per heavy atom. The average Bonchev–Trinajstić information content (AvgIpc) is 3.28. The van der Waals surface area contributed by atoms with E-state index >= 15 is 0 Å². The Bertz CT molecular complexity index is 964. The molecule has 0 spiro atoms. The van der Waals surface area contributed by atoms with Crippen LogP contribution in [0.4, 0.5) is 0 Å². The summed E-state index contributed by atoms with van der Waals surface area (Å²) in [6, 6.07) is 0. The molecule has 0 aromatic heterocycles. The predicted molar refractivity (Wildman–Crippen MR) is 275 cm³/mol. The summed E-state index contributed by atoms with van der Waals surface area (Å²) in [5.41, 5.74) is 0. The van der Waals surface area contributed by atoms with E-state index in [-0.39, 0.29) is 31.1 Å². The Kier molecular flexibility index (Phi) is 51.1. The number of hydrogen-bond donors (Lipinski definition) is 0. The van der Waals surface area contributed by atoms with Crippen LogP contribution >= 0.6 is 0 Å². The average molecular weight is 906 g/mol. The minimum atomic E-state index is -0.762. The van der Waals surface area contributed by atoms with E-state index in [1.807, 2.05) is 0 Å². The lowest BCUT2D eigenvalue weighted by Crippen LogP contribution is -2.30. The highest BCUT2D eigenvalue weighted by atomic mass is 16.6. The fraction of sp³-hybridized carbons (Fsp3) is 0.948. The lowest BCUT2D eigenvalue weighted by Gasteiger charge is -2.18. The van der Waals surface area contributed by atoms with E-state index in [2.05, 4.69) is 27.7 Å². The maximum absolute atomic E-state index is 12.8. The second-order valence-corrected chi connectivity index (χ2v) is 20.4. The van der Waals surface area contributed by atoms with Crippen molar-refractivity contribution in [2.45, 2.75) is 336 Å². The molecule has 6 heteroatoms. The zero-order chi connectivity index (χ0) is 46.7. The summed E-state index contributed by atoms with van der Waals surface area (Å²) in [5, 5.41) is 0. The van der Waals surface area contributed by atoms with Gasteiger partial charge in [-0.1, -0.05) is 291 Å². The molecule has 64 heavy (non-hydrogen) atoms. The van der Waals surface area contributed by atoms with Gasteiger partial charge in [0.05, 0.1) is 0 Å². The third kappa shape index (κ3) is 51.4. The van der Waals surface area contributed by atoms with Gasteiger partial charge in [-0.05, 0) is 25.2 Å². The highest BCUT2D eigenvalue weighted by Gasteiger charge is 2.19. The molecule has 0 aromatic rings. The molecule has 0 saturated heterocycles. The van der Waals surface area contributed by atoms with Crippen molar-refractivity contribution in [3.05, 3.63) is 0 Å². The highest BCUT2D eigenvalue weighted by molar-refractivity contribution is 5.71. The number of ether oxygens (including phenoxy) is 3. The van der Waals surface area contributed by atoms with Crippen LogP contribution in [0.3, 0.4) is 0 Å². The molecule has 1 atom stereocenters. The van der Waals surface area contributed by atoms with Gasteiger partial charge in [0.1, 0.15) is 13.2 Å². The zero-order valence-electron chi connectivity index (χ0n) is 43.8. The summed E-state index contributed by atoms with van der Waals surface area (Å²) in [4.78, 5) is 38.1. The summed E-state index contributed by atoms with van der Waals surface area (Å²) >= 11 is 0. The van der Waals surface area contributed by atoms with Gasteiger partial charge < -0.3 is 14.2 Å². The van der Waals surface area contributed by atoms with Gasteiger partial charge in [-0.3, -0.25) is 14.4 Å². The summed E-state index contributed by atoms with van der Waals surface area (Å²) in [6.45, 7) is 9.01. The van der Waals surface area contributed by atoms with E-state index in [4.69, 9.17) is 14.2 Å². The summed E-state index contributed by atoms with van der Waals surface area (Å²) in [5.74, 6) is -0.0588. The van der Waals surface area contributed by atoms with Gasteiger partial charge in [0.25, 0.3) is 0 Å². The van der Waals surface area contributed by atoms with Crippen molar-refractivity contribution in [2.24, 2.45) is 5.92 Å². The Morgan fingerprint density at radius 3 is 0.766 bits per heavy atom. The van der Waals surface area contributed by atoms with Crippen LogP contribution in [0.5, 0.6) is 0 Å². The molecule has 0 amide bonds. The van der Waals surface area contributed by atoms with Crippen LogP contribution in [-0.2, 0) is 28.6 Å². The number of rotatable bonds is 53. The van der Waals surface area contributed by atoms with Crippen molar-refractivity contribution in [1.82, 2.24) is 0 Å². The second-order valence-electron chi connectivity index (χ2n) is 20.4. The summed E-state index contributed by atoms with van der Waals surface area (Å²) in [6.07, 6.45) is 56.8. The maximum Gasteiger partial charge on any atom is 0.306 e. The molecule has 0 aromatic carbocycles. The minimum absolute atomic E-state index is 0.0627. The number of unbranched alkanes of at least 4 members (excludes halogenated alkanes) is 40. The smallest absolute Gasteiger partial charge is 0.306 e. The van der Waals surface area contributed by atoms with E-state index in [1.54, 1.807) is 0 Å². The van der Waals surface area contributed by atoms with Crippen molar-refractivity contribution in [3.63, 3.8) is 0 Å². The molecule has 0 bridgehead atoms. The lowest BCUT2D eigenvalue weighted by molar-refractivity contribution is -0.167. The molecule has 0 fully saturated rings. The van der Waals surface area contributed by atoms with Gasteiger partial charge in [-0.25, -0.2) is 0 Å². The van der Waals surface area contributed by atoms with Crippen LogP contribution in [0.2, 0.25) is 0 Å². The van der Waals surface area contributed by atoms with E-state index in [9.17, 15) is 14.4 Å². The summed E-state index contributed by atoms with van der Waals surface area (Å²) < 4.78 is 16.9. The van der Waals surface area contributed by atoms with Crippen LogP contribution < -0.4 is 0 Å². The number of carbonyl (C=O) groups is 3. The van der Waals surface area contributed by atoms with E-state index < -0.39 is 6.10 Å². The third-order valence-corrected chi connectivity index (χ3v) is 13.3. The van der Waals surface area contributed by atoms with Crippen molar-refractivity contribution < 1.29 is 28.6 Å². The maximum atomic E-state index is 12.8. The highest BCUT2D eigenvalue weighted by Crippen LogP contribution is 2.18. The van der Waals surface area contributed by atoms with Gasteiger partial charge in [-0.15, -0.1) is 0 Å². The van der Waals surface area contributed by atoms with E-state index in [0.717, 1.165) is 63.7 Å². The van der Waals surface area contributed by atoms with Crippen LogP contribution in [-0.4, -0.2) is 37.2 Å². The van der Waals surface area contributed by atoms with Crippen LogP contribution in [0.25, 0.3) is 0 Å². The van der Waals surface area contributed by atoms with E-state index in [1.165, 1.54) is 225 Å². The third-order valence-electron chi connectivity index (χ3n) is 13.3. The van der Waals surface area contributed by atoms with Gasteiger partial charge >= 0.3 is 17.9 Å². The predicted octanol–water partition coefficient (Wildman–Crippen LogP) is 19.0. The van der Waals surface area contributed by atoms with E-state index in [0.29, 0.717) is 19.3 Å². The van der Waals surface area contributed by atoms with Gasteiger partial charge in [0, 0.05) is 19.3 Å². The monoisotopic (exact) mass is 905 g/mol. The molecule has 0 saturated carbocycles. The first-order valence-electron chi connectivity index (χ1n) is 28.9. The van der Waals surface area contributed by atoms with Crippen LogP contribution in [0.1, 0.15) is 329 Å². The Labute approximate surface area is 399 Å². The largest absolute Gasteiger partial charge is 0.462 e. The number of carbonyl (C=O) groups excluding carboxylic acids is 3. The minimum Gasteiger partial charge on any atom is -0.462 e. The molecule has 0 aliphatic heterocycles. The molecule has 0 rings (SSSR count). The molecular weight excluding hydrogens is 793 g/mol. The number of hydrogen-bond acceptors (Lipinski definition) is 6. The fourth-order valence-electron chi connectivity index (χ4n) is 8.92. The fourth-order valence-corrected chi connectivity index (χ4v) is 8.92. The van der Waals surface area contributed by atoms with Gasteiger partial charge in [0.2, 0.25) is 0 Å². The van der Waals surface area contributed by atoms with Crippen molar-refractivity contribution in [3.8, 4) is 0 Å². The normalized spacial score (nSPS) is 12.0. The molecule has 0 unspecified atom stereocenters. The number of esters is 3. The standard InChI is InChI=1S/C58H112O6/c1-5-7-9-11-13-15-17-19-21-23-24-26-27-29-31-33-37-41-45-49-56(59)62-52-55(53-63-57(60)50-46-42-39-35-36-40-44-48-54(3)4)64-58(61)51-47-43-38-34-32-30-28-25-22-20-18-16-14-12-10-8-6-2/h54-55H,5-53H2,1-4H3/t55-/m0/s1. The Morgan fingerprint density at radius 1 is 0.297 bits per heavy atom. The zero-order valence-corrected chi connectivity index (χ0v) is 43.8. The quantitative estimate of drug-likeness (QED) is 0.0344. The lowest BCUT2D eigenvalue weighted by atomic mass is 10.0. The molecule has 0 aliphatic carbocycles. The topological polar surface area (TPSA) is 78.9 Å².